The number of carbonyl (C=O) groups is 1. The second-order valence-corrected chi connectivity index (χ2v) is 5.12. The molecule has 2 amide bonds. The molecular formula is C17H19FN2O3. The molecule has 6 heteroatoms. The van der Waals surface area contributed by atoms with Crippen molar-refractivity contribution in [2.45, 2.75) is 19.1 Å². The molecule has 0 fully saturated rings. The Balaban J connectivity index is 1.94. The zero-order chi connectivity index (χ0) is 16.8. The van der Waals surface area contributed by atoms with E-state index in [0.717, 1.165) is 0 Å². The van der Waals surface area contributed by atoms with Crippen molar-refractivity contribution < 1.29 is 19.0 Å². The van der Waals surface area contributed by atoms with E-state index in [-0.39, 0.29) is 5.82 Å². The minimum absolute atomic E-state index is 0.377. The van der Waals surface area contributed by atoms with Gasteiger partial charge in [-0.2, -0.15) is 0 Å². The quantitative estimate of drug-likeness (QED) is 0.793. The minimum atomic E-state index is -0.938. The molecule has 2 aromatic carbocycles. The Kier molecular flexibility index (Phi) is 5.54. The van der Waals surface area contributed by atoms with Gasteiger partial charge in [-0.3, -0.25) is 0 Å². The van der Waals surface area contributed by atoms with Crippen molar-refractivity contribution in [3.8, 4) is 5.75 Å². The fourth-order valence-electron chi connectivity index (χ4n) is 2.10. The lowest BCUT2D eigenvalue weighted by atomic mass is 10.0. The molecule has 2 unspecified atom stereocenters. The molecule has 0 aliphatic rings. The second kappa shape index (κ2) is 7.60. The van der Waals surface area contributed by atoms with Gasteiger partial charge in [-0.05, 0) is 36.8 Å². The van der Waals surface area contributed by atoms with Crippen molar-refractivity contribution in [3.63, 3.8) is 0 Å². The molecule has 0 saturated heterocycles. The lowest BCUT2D eigenvalue weighted by Gasteiger charge is -2.21. The van der Waals surface area contributed by atoms with Gasteiger partial charge in [-0.25, -0.2) is 9.18 Å². The number of aliphatic hydroxyl groups excluding tert-OH is 1. The number of rotatable bonds is 5. The van der Waals surface area contributed by atoms with Crippen LogP contribution in [0.15, 0.2) is 48.5 Å². The molecule has 0 saturated carbocycles. The molecule has 3 N–H and O–H groups in total. The number of halogens is 1. The van der Waals surface area contributed by atoms with Crippen LogP contribution in [-0.4, -0.2) is 24.3 Å². The Bertz CT molecular complexity index is 661. The average Bonchev–Trinajstić information content (AvgIpc) is 2.54. The molecule has 0 heterocycles. The summed E-state index contributed by atoms with van der Waals surface area (Å²) in [4.78, 5) is 12.0. The maximum Gasteiger partial charge on any atom is 0.319 e. The first-order chi connectivity index (χ1) is 11.0. The molecule has 0 aliphatic heterocycles. The predicted molar refractivity (Wildman–Crippen MR) is 86.0 cm³/mol. The number of amides is 2. The Morgan fingerprint density at radius 2 is 1.91 bits per heavy atom. The van der Waals surface area contributed by atoms with Crippen molar-refractivity contribution in [1.29, 1.82) is 0 Å². The summed E-state index contributed by atoms with van der Waals surface area (Å²) in [7, 11) is 1.54. The van der Waals surface area contributed by atoms with Crippen LogP contribution in [0.3, 0.4) is 0 Å². The van der Waals surface area contributed by atoms with Gasteiger partial charge in [0.15, 0.2) is 0 Å². The first-order valence-corrected chi connectivity index (χ1v) is 7.14. The van der Waals surface area contributed by atoms with E-state index in [4.69, 9.17) is 4.74 Å². The fourth-order valence-corrected chi connectivity index (χ4v) is 2.10. The Morgan fingerprint density at radius 1 is 1.22 bits per heavy atom. The third-order valence-corrected chi connectivity index (χ3v) is 3.37. The maximum absolute atomic E-state index is 12.9. The van der Waals surface area contributed by atoms with Crippen LogP contribution in [0.4, 0.5) is 14.9 Å². The van der Waals surface area contributed by atoms with Crippen LogP contribution in [0.25, 0.3) is 0 Å². The fraction of sp³-hybridized carbons (Fsp3) is 0.235. The van der Waals surface area contributed by atoms with E-state index < -0.39 is 18.2 Å². The highest BCUT2D eigenvalue weighted by Crippen LogP contribution is 2.18. The van der Waals surface area contributed by atoms with Crippen LogP contribution >= 0.6 is 0 Å². The van der Waals surface area contributed by atoms with E-state index in [1.807, 2.05) is 0 Å². The van der Waals surface area contributed by atoms with Crippen LogP contribution < -0.4 is 15.4 Å². The highest BCUT2D eigenvalue weighted by molar-refractivity contribution is 5.89. The van der Waals surface area contributed by atoms with Crippen molar-refractivity contribution in [1.82, 2.24) is 5.32 Å². The van der Waals surface area contributed by atoms with E-state index in [2.05, 4.69) is 10.6 Å². The molecule has 2 aromatic rings. The summed E-state index contributed by atoms with van der Waals surface area (Å²) in [5.74, 6) is 0.250. The summed E-state index contributed by atoms with van der Waals surface area (Å²) in [6.07, 6.45) is -0.938. The molecule has 23 heavy (non-hydrogen) atoms. The molecule has 2 atom stereocenters. The third kappa shape index (κ3) is 4.69. The second-order valence-electron chi connectivity index (χ2n) is 5.12. The number of methoxy groups -OCH3 is 1. The summed E-state index contributed by atoms with van der Waals surface area (Å²) >= 11 is 0. The standard InChI is InChI=1S/C17H19FN2O3/c1-11(16(21)12-6-8-13(18)9-7-12)19-17(22)20-14-4-3-5-15(10-14)23-2/h3-11,16,21H,1-2H3,(H2,19,20,22). The third-order valence-electron chi connectivity index (χ3n) is 3.37. The summed E-state index contributed by atoms with van der Waals surface area (Å²) in [6, 6.07) is 11.4. The lowest BCUT2D eigenvalue weighted by molar-refractivity contribution is 0.139. The van der Waals surface area contributed by atoms with Crippen molar-refractivity contribution in [2.75, 3.05) is 12.4 Å². The Morgan fingerprint density at radius 3 is 2.57 bits per heavy atom. The number of carbonyl (C=O) groups excluding carboxylic acids is 1. The topological polar surface area (TPSA) is 70.6 Å². The molecule has 0 aromatic heterocycles. The number of nitrogens with one attached hydrogen (secondary N) is 2. The van der Waals surface area contributed by atoms with Gasteiger partial charge in [-0.1, -0.05) is 18.2 Å². The van der Waals surface area contributed by atoms with Gasteiger partial charge in [-0.15, -0.1) is 0 Å². The van der Waals surface area contributed by atoms with Gasteiger partial charge in [0.05, 0.1) is 19.3 Å². The summed E-state index contributed by atoms with van der Waals surface area (Å²) in [5.41, 5.74) is 1.10. The van der Waals surface area contributed by atoms with Crippen LogP contribution in [-0.2, 0) is 0 Å². The minimum Gasteiger partial charge on any atom is -0.497 e. The summed E-state index contributed by atoms with van der Waals surface area (Å²) < 4.78 is 18.0. The van der Waals surface area contributed by atoms with Gasteiger partial charge in [0, 0.05) is 11.8 Å². The van der Waals surface area contributed by atoms with Crippen LogP contribution in [0.5, 0.6) is 5.75 Å². The molecule has 0 aliphatic carbocycles. The number of aliphatic hydroxyl groups is 1. The van der Waals surface area contributed by atoms with E-state index in [0.29, 0.717) is 17.0 Å². The lowest BCUT2D eigenvalue weighted by Crippen LogP contribution is -2.39. The number of hydrogen-bond acceptors (Lipinski definition) is 3. The molecular weight excluding hydrogens is 299 g/mol. The Hall–Kier alpha value is -2.60. The predicted octanol–water partition coefficient (Wildman–Crippen LogP) is 3.08. The zero-order valence-corrected chi connectivity index (χ0v) is 12.9. The van der Waals surface area contributed by atoms with Crippen LogP contribution in [0, 0.1) is 5.82 Å². The van der Waals surface area contributed by atoms with Gasteiger partial charge < -0.3 is 20.5 Å². The van der Waals surface area contributed by atoms with Crippen LogP contribution in [0.2, 0.25) is 0 Å². The largest absolute Gasteiger partial charge is 0.497 e. The first-order valence-electron chi connectivity index (χ1n) is 7.14. The van der Waals surface area contributed by atoms with Gasteiger partial charge in [0.2, 0.25) is 0 Å². The number of benzene rings is 2. The van der Waals surface area contributed by atoms with E-state index in [9.17, 15) is 14.3 Å². The number of hydrogen-bond donors (Lipinski definition) is 3. The van der Waals surface area contributed by atoms with Crippen LogP contribution in [0.1, 0.15) is 18.6 Å². The molecule has 0 radical (unpaired) electrons. The first kappa shape index (κ1) is 16.8. The highest BCUT2D eigenvalue weighted by atomic mass is 19.1. The monoisotopic (exact) mass is 318 g/mol. The van der Waals surface area contributed by atoms with Gasteiger partial charge in [0.25, 0.3) is 0 Å². The number of anilines is 1. The molecule has 5 nitrogen and oxygen atoms in total. The average molecular weight is 318 g/mol. The molecule has 0 bridgehead atoms. The number of urea groups is 1. The number of ether oxygens (including phenoxy) is 1. The Labute approximate surface area is 134 Å². The molecule has 2 rings (SSSR count). The maximum atomic E-state index is 12.9. The highest BCUT2D eigenvalue weighted by Gasteiger charge is 2.18. The SMILES string of the molecule is COc1cccc(NC(=O)NC(C)C(O)c2ccc(F)cc2)c1. The normalized spacial score (nSPS) is 13.0. The molecule has 122 valence electrons. The van der Waals surface area contributed by atoms with Crippen molar-refractivity contribution >= 4 is 11.7 Å². The smallest absolute Gasteiger partial charge is 0.319 e. The van der Waals surface area contributed by atoms with Crippen molar-refractivity contribution in [3.05, 3.63) is 59.9 Å². The van der Waals surface area contributed by atoms with E-state index in [1.165, 1.54) is 24.3 Å². The summed E-state index contributed by atoms with van der Waals surface area (Å²) in [5, 5.41) is 15.5. The van der Waals surface area contributed by atoms with Gasteiger partial charge in [0.1, 0.15) is 11.6 Å². The van der Waals surface area contributed by atoms with Crippen molar-refractivity contribution in [2.24, 2.45) is 0 Å². The van der Waals surface area contributed by atoms with E-state index in [1.54, 1.807) is 38.3 Å². The van der Waals surface area contributed by atoms with E-state index >= 15 is 0 Å². The summed E-state index contributed by atoms with van der Waals surface area (Å²) in [6.45, 7) is 1.67. The zero-order valence-electron chi connectivity index (χ0n) is 12.9. The van der Waals surface area contributed by atoms with Gasteiger partial charge >= 0.3 is 6.03 Å². The molecule has 0 spiro atoms.